The number of hydrogen-bond acceptors (Lipinski definition) is 5. The van der Waals surface area contributed by atoms with Crippen molar-refractivity contribution in [2.75, 3.05) is 22.9 Å². The smallest absolute Gasteiger partial charge is 0.243 e. The maximum atomic E-state index is 13.5. The van der Waals surface area contributed by atoms with E-state index in [0.29, 0.717) is 18.1 Å². The summed E-state index contributed by atoms with van der Waals surface area (Å²) in [4.78, 5) is 12.3. The zero-order valence-electron chi connectivity index (χ0n) is 14.5. The zero-order valence-corrected chi connectivity index (χ0v) is 16.1. The Morgan fingerprint density at radius 3 is 2.73 bits per heavy atom. The van der Waals surface area contributed by atoms with Gasteiger partial charge in [0.2, 0.25) is 15.9 Å². The second kappa shape index (κ2) is 9.09. The van der Waals surface area contributed by atoms with E-state index in [1.807, 2.05) is 12.1 Å². The van der Waals surface area contributed by atoms with E-state index < -0.39 is 27.8 Å². The average molecular weight is 400 g/mol. The third-order valence-electron chi connectivity index (χ3n) is 3.52. The van der Waals surface area contributed by atoms with Crippen molar-refractivity contribution in [1.29, 1.82) is 0 Å². The van der Waals surface area contributed by atoms with Gasteiger partial charge in [-0.3, -0.25) is 9.10 Å². The van der Waals surface area contributed by atoms with Gasteiger partial charge in [-0.25, -0.2) is 12.8 Å². The first kappa shape index (κ1) is 20.3. The first-order valence-electron chi connectivity index (χ1n) is 7.92. The lowest BCUT2D eigenvalue weighted by atomic mass is 10.2. The van der Waals surface area contributed by atoms with Crippen LogP contribution < -0.4 is 9.62 Å². The van der Waals surface area contributed by atoms with Crippen LogP contribution in [-0.2, 0) is 20.6 Å². The first-order valence-corrected chi connectivity index (χ1v) is 10.9. The molecule has 0 saturated carbocycles. The molecule has 2 aromatic rings. The van der Waals surface area contributed by atoms with E-state index >= 15 is 0 Å². The van der Waals surface area contributed by atoms with Gasteiger partial charge in [0.05, 0.1) is 24.0 Å². The van der Waals surface area contributed by atoms with Gasteiger partial charge in [-0.05, 0) is 37.3 Å². The third kappa shape index (κ3) is 5.77. The van der Waals surface area contributed by atoms with Crippen molar-refractivity contribution in [2.45, 2.75) is 18.7 Å². The third-order valence-corrected chi connectivity index (χ3v) is 5.74. The molecule has 1 atom stereocenters. The van der Waals surface area contributed by atoms with Crippen LogP contribution in [0.25, 0.3) is 0 Å². The van der Waals surface area contributed by atoms with Crippen molar-refractivity contribution in [3.8, 4) is 0 Å². The molecule has 1 N–H and O–H groups in total. The van der Waals surface area contributed by atoms with Gasteiger partial charge in [-0.1, -0.05) is 6.07 Å². The highest BCUT2D eigenvalue weighted by molar-refractivity contribution is 7.98. The van der Waals surface area contributed by atoms with E-state index in [1.54, 1.807) is 18.0 Å². The Hall–Kier alpha value is -2.00. The number of halogens is 1. The average Bonchev–Trinajstić information content (AvgIpc) is 3.06. The number of amides is 1. The summed E-state index contributed by atoms with van der Waals surface area (Å²) in [6, 6.07) is 7.84. The van der Waals surface area contributed by atoms with Crippen molar-refractivity contribution in [1.82, 2.24) is 5.32 Å². The topological polar surface area (TPSA) is 79.6 Å². The Morgan fingerprint density at radius 2 is 2.12 bits per heavy atom. The van der Waals surface area contributed by atoms with E-state index in [1.165, 1.54) is 25.1 Å². The monoisotopic (exact) mass is 400 g/mol. The fourth-order valence-electron chi connectivity index (χ4n) is 2.38. The Bertz CT molecular complexity index is 825. The number of benzene rings is 1. The molecule has 2 rings (SSSR count). The van der Waals surface area contributed by atoms with Crippen molar-refractivity contribution in [2.24, 2.45) is 0 Å². The minimum atomic E-state index is -3.76. The quantitative estimate of drug-likeness (QED) is 0.655. The number of carbonyl (C=O) groups excluding carboxylic acids is 1. The predicted molar refractivity (Wildman–Crippen MR) is 101 cm³/mol. The summed E-state index contributed by atoms with van der Waals surface area (Å²) >= 11 is 1.59. The molecular weight excluding hydrogens is 379 g/mol. The van der Waals surface area contributed by atoms with E-state index in [4.69, 9.17) is 4.42 Å². The van der Waals surface area contributed by atoms with Gasteiger partial charge in [0.25, 0.3) is 0 Å². The largest absolute Gasteiger partial charge is 0.468 e. The lowest BCUT2D eigenvalue weighted by Crippen LogP contribution is -2.48. The molecule has 26 heavy (non-hydrogen) atoms. The van der Waals surface area contributed by atoms with Crippen LogP contribution in [0.4, 0.5) is 10.1 Å². The highest BCUT2D eigenvalue weighted by atomic mass is 32.2. The Labute approximate surface area is 156 Å². The summed E-state index contributed by atoms with van der Waals surface area (Å²) in [5.41, 5.74) is 0.113. The molecule has 0 aliphatic rings. The van der Waals surface area contributed by atoms with E-state index in [0.717, 1.165) is 22.4 Å². The molecular formula is C17H21FN2O4S2. The summed E-state index contributed by atoms with van der Waals surface area (Å²) in [5.74, 6) is 1.18. The van der Waals surface area contributed by atoms with Crippen LogP contribution in [0, 0.1) is 5.82 Å². The molecule has 0 radical (unpaired) electrons. The highest BCUT2D eigenvalue weighted by Gasteiger charge is 2.29. The Kier molecular flexibility index (Phi) is 7.10. The maximum Gasteiger partial charge on any atom is 0.243 e. The van der Waals surface area contributed by atoms with Gasteiger partial charge < -0.3 is 9.73 Å². The summed E-state index contributed by atoms with van der Waals surface area (Å²) in [5, 5.41) is 2.71. The van der Waals surface area contributed by atoms with Crippen molar-refractivity contribution >= 4 is 33.4 Å². The van der Waals surface area contributed by atoms with Crippen molar-refractivity contribution in [3.05, 3.63) is 54.2 Å². The summed E-state index contributed by atoms with van der Waals surface area (Å²) in [6.45, 7) is 1.85. The molecule has 6 nitrogen and oxygen atoms in total. The van der Waals surface area contributed by atoms with E-state index in [2.05, 4.69) is 5.32 Å². The summed E-state index contributed by atoms with van der Waals surface area (Å²) < 4.78 is 43.8. The SMILES string of the molecule is CC(C(=O)NCCSCc1ccco1)N(c1cccc(F)c1)S(C)(=O)=O. The lowest BCUT2D eigenvalue weighted by Gasteiger charge is -2.28. The van der Waals surface area contributed by atoms with Crippen LogP contribution in [0.15, 0.2) is 47.1 Å². The standard InChI is InChI=1S/C17H21FN2O4S2/c1-13(17(21)19-8-10-25-12-16-7-4-9-24-16)20(26(2,22)23)15-6-3-5-14(18)11-15/h3-7,9,11,13H,8,10,12H2,1-2H3,(H,19,21). The summed E-state index contributed by atoms with van der Waals surface area (Å²) in [7, 11) is -3.76. The van der Waals surface area contributed by atoms with Gasteiger partial charge in [0, 0.05) is 12.3 Å². The second-order valence-electron chi connectivity index (χ2n) is 5.64. The van der Waals surface area contributed by atoms with E-state index in [-0.39, 0.29) is 5.69 Å². The molecule has 0 bridgehead atoms. The van der Waals surface area contributed by atoms with E-state index in [9.17, 15) is 17.6 Å². The molecule has 0 aliphatic carbocycles. The van der Waals surface area contributed by atoms with Gasteiger partial charge in [-0.2, -0.15) is 11.8 Å². The van der Waals surface area contributed by atoms with Crippen LogP contribution in [0.2, 0.25) is 0 Å². The molecule has 0 aliphatic heterocycles. The van der Waals surface area contributed by atoms with Gasteiger partial charge >= 0.3 is 0 Å². The number of anilines is 1. The molecule has 0 saturated heterocycles. The van der Waals surface area contributed by atoms with Crippen molar-refractivity contribution < 1.29 is 22.0 Å². The number of thioether (sulfide) groups is 1. The molecule has 1 aromatic heterocycles. The summed E-state index contributed by atoms with van der Waals surface area (Å²) in [6.07, 6.45) is 2.59. The number of furan rings is 1. The second-order valence-corrected chi connectivity index (χ2v) is 8.60. The van der Waals surface area contributed by atoms with Crippen LogP contribution in [-0.4, -0.2) is 38.9 Å². The highest BCUT2D eigenvalue weighted by Crippen LogP contribution is 2.21. The lowest BCUT2D eigenvalue weighted by molar-refractivity contribution is -0.121. The zero-order chi connectivity index (χ0) is 19.2. The van der Waals surface area contributed by atoms with Gasteiger partial charge in [-0.15, -0.1) is 0 Å². The molecule has 0 fully saturated rings. The number of rotatable bonds is 9. The fourth-order valence-corrected chi connectivity index (χ4v) is 4.31. The minimum absolute atomic E-state index is 0.113. The number of nitrogens with zero attached hydrogens (tertiary/aromatic N) is 1. The van der Waals surface area contributed by atoms with Crippen LogP contribution >= 0.6 is 11.8 Å². The Balaban J connectivity index is 1.92. The van der Waals surface area contributed by atoms with Gasteiger partial charge in [0.15, 0.2) is 0 Å². The molecule has 0 spiro atoms. The normalized spacial score (nSPS) is 12.6. The predicted octanol–water partition coefficient (Wildman–Crippen LogP) is 2.62. The Morgan fingerprint density at radius 1 is 1.35 bits per heavy atom. The van der Waals surface area contributed by atoms with Crippen LogP contribution in [0.1, 0.15) is 12.7 Å². The van der Waals surface area contributed by atoms with Crippen molar-refractivity contribution in [3.63, 3.8) is 0 Å². The number of sulfonamides is 1. The minimum Gasteiger partial charge on any atom is -0.468 e. The van der Waals surface area contributed by atoms with Crippen LogP contribution in [0.5, 0.6) is 0 Å². The molecule has 142 valence electrons. The fraction of sp³-hybridized carbons (Fsp3) is 0.353. The molecule has 1 aromatic carbocycles. The number of hydrogen-bond donors (Lipinski definition) is 1. The molecule has 1 unspecified atom stereocenters. The maximum absolute atomic E-state index is 13.5. The molecule has 1 heterocycles. The first-order chi connectivity index (χ1) is 12.3. The molecule has 1 amide bonds. The molecule has 9 heteroatoms. The van der Waals surface area contributed by atoms with Crippen LogP contribution in [0.3, 0.4) is 0 Å². The number of nitrogens with one attached hydrogen (secondary N) is 1. The number of carbonyl (C=O) groups is 1. The van der Waals surface area contributed by atoms with Gasteiger partial charge in [0.1, 0.15) is 17.6 Å².